The standard InChI is InChI=1S/C32H27N9O10S3/c1-13-6-22(41-31(34-13)37-25(38-41)15-3-5-19(43)21(45)8-15)52-10-16-11-53-29-24(27(47)40(29)28(16)51-32(48)49)36-26(46)23(17-12-54-30(33)35-17)39-50-9-14-2-4-18(42)20(44)7-14/h2-8,12,24,29,42-45H,9-11H2,1H3,(H2,33,35)(H,36,46)(H,48,49)/b39-23-/t24-,29-/m1/s1. The summed E-state index contributed by atoms with van der Waals surface area (Å²) in [6.45, 7) is 1.58. The number of benzene rings is 2. The highest BCUT2D eigenvalue weighted by Crippen LogP contribution is 2.42. The number of carboxylic acid groups (broad SMARTS) is 1. The lowest BCUT2D eigenvalue weighted by atomic mass is 10.1. The Balaban J connectivity index is 1.08. The minimum atomic E-state index is -1.63. The highest BCUT2D eigenvalue weighted by atomic mass is 32.2. The molecule has 5 heterocycles. The minimum Gasteiger partial charge on any atom is -0.504 e. The molecule has 2 aromatic carbocycles. The number of thiazole rings is 1. The number of nitrogens with zero attached hydrogens (tertiary/aromatic N) is 7. The van der Waals surface area contributed by atoms with E-state index >= 15 is 0 Å². The zero-order valence-corrected chi connectivity index (χ0v) is 30.1. The van der Waals surface area contributed by atoms with Crippen LogP contribution in [0.3, 0.4) is 0 Å². The molecule has 0 saturated carbocycles. The average Bonchev–Trinajstić information content (AvgIpc) is 3.76. The molecular formula is C32H27N9O10S3. The van der Waals surface area contributed by atoms with E-state index in [1.807, 2.05) is 0 Å². The van der Waals surface area contributed by atoms with Crippen LogP contribution in [-0.2, 0) is 25.8 Å². The van der Waals surface area contributed by atoms with Crippen molar-refractivity contribution in [2.75, 3.05) is 17.2 Å². The van der Waals surface area contributed by atoms with Gasteiger partial charge in [-0.3, -0.25) is 14.5 Å². The van der Waals surface area contributed by atoms with Crippen LogP contribution < -0.4 is 11.1 Å². The molecule has 278 valence electrons. The average molecular weight is 794 g/mol. The van der Waals surface area contributed by atoms with Gasteiger partial charge in [0.25, 0.3) is 17.6 Å². The number of fused-ring (bicyclic) bond motifs is 2. The number of amides is 2. The summed E-state index contributed by atoms with van der Waals surface area (Å²) >= 11 is 3.61. The van der Waals surface area contributed by atoms with Gasteiger partial charge in [0.05, 0.1) is 0 Å². The Hall–Kier alpha value is -6.26. The Kier molecular flexibility index (Phi) is 9.79. The van der Waals surface area contributed by atoms with E-state index in [2.05, 4.69) is 30.5 Å². The number of anilines is 1. The first-order chi connectivity index (χ1) is 25.9. The first kappa shape index (κ1) is 36.1. The van der Waals surface area contributed by atoms with Crippen LogP contribution in [0.5, 0.6) is 23.0 Å². The number of nitrogen functional groups attached to an aromatic ring is 1. The molecule has 19 nitrogen and oxygen atoms in total. The third-order valence-corrected chi connectivity index (χ3v) is 11.0. The molecule has 2 atom stereocenters. The van der Waals surface area contributed by atoms with Gasteiger partial charge in [-0.2, -0.15) is 9.50 Å². The fourth-order valence-corrected chi connectivity index (χ4v) is 8.40. The molecule has 0 unspecified atom stereocenters. The number of aromatic hydroxyl groups is 4. The summed E-state index contributed by atoms with van der Waals surface area (Å²) in [4.78, 5) is 58.4. The van der Waals surface area contributed by atoms with Crippen molar-refractivity contribution in [2.45, 2.75) is 30.0 Å². The summed E-state index contributed by atoms with van der Waals surface area (Å²) in [6.07, 6.45) is -1.63. The number of aromatic nitrogens is 5. The molecule has 8 N–H and O–H groups in total. The predicted molar refractivity (Wildman–Crippen MR) is 194 cm³/mol. The first-order valence-corrected chi connectivity index (χ1v) is 18.5. The Labute approximate surface area is 315 Å². The summed E-state index contributed by atoms with van der Waals surface area (Å²) in [5.74, 6) is -2.01. The Morgan fingerprint density at radius 2 is 1.81 bits per heavy atom. The number of rotatable bonds is 11. The van der Waals surface area contributed by atoms with Gasteiger partial charge in [0.15, 0.2) is 39.7 Å². The topological polar surface area (TPSA) is 280 Å². The van der Waals surface area contributed by atoms with Crippen molar-refractivity contribution in [3.05, 3.63) is 76.3 Å². The molecule has 22 heteroatoms. The number of phenols is 4. The molecule has 0 bridgehead atoms. The number of carbonyl (C=O) groups is 3. The quantitative estimate of drug-likeness (QED) is 0.0192. The molecule has 2 aliphatic heterocycles. The van der Waals surface area contributed by atoms with E-state index in [-0.39, 0.29) is 75.1 Å². The van der Waals surface area contributed by atoms with Crippen LogP contribution in [0.2, 0.25) is 0 Å². The number of hydrogen-bond acceptors (Lipinski definition) is 18. The van der Waals surface area contributed by atoms with Gasteiger partial charge in [0.1, 0.15) is 28.7 Å². The van der Waals surface area contributed by atoms with Crippen LogP contribution in [0.1, 0.15) is 17.0 Å². The molecule has 2 amide bonds. The smallest absolute Gasteiger partial charge is 0.504 e. The fraction of sp³-hybridized carbons (Fsp3) is 0.188. The Morgan fingerprint density at radius 1 is 1.06 bits per heavy atom. The number of phenolic OH excluding ortho intramolecular Hbond substituents is 4. The minimum absolute atomic E-state index is 0.0822. The lowest BCUT2D eigenvalue weighted by Gasteiger charge is -2.49. The number of β-lactam (4-membered cyclic amide) rings is 1. The highest BCUT2D eigenvalue weighted by molar-refractivity contribution is 8.01. The van der Waals surface area contributed by atoms with Crippen molar-refractivity contribution in [1.29, 1.82) is 0 Å². The number of carbonyl (C=O) groups excluding carboxylic acids is 2. The second-order valence-corrected chi connectivity index (χ2v) is 14.6. The monoisotopic (exact) mass is 793 g/mol. The zero-order valence-electron chi connectivity index (χ0n) is 27.6. The number of nitrogens with one attached hydrogen (secondary N) is 1. The Morgan fingerprint density at radius 3 is 2.52 bits per heavy atom. The van der Waals surface area contributed by atoms with Gasteiger partial charge in [-0.05, 0) is 48.9 Å². The summed E-state index contributed by atoms with van der Waals surface area (Å²) < 4.78 is 6.63. The number of ether oxygens (including phenoxy) is 1. The molecule has 2 aliphatic rings. The summed E-state index contributed by atoms with van der Waals surface area (Å²) in [7, 11) is 0. The van der Waals surface area contributed by atoms with Crippen LogP contribution >= 0.6 is 34.9 Å². The molecule has 1 fully saturated rings. The number of nitrogens with two attached hydrogens (primary N) is 1. The third kappa shape index (κ3) is 7.20. The van der Waals surface area contributed by atoms with Crippen LogP contribution in [0.25, 0.3) is 17.2 Å². The van der Waals surface area contributed by atoms with Crippen LogP contribution in [0.4, 0.5) is 9.93 Å². The fourth-order valence-electron chi connectivity index (χ4n) is 5.35. The lowest BCUT2D eigenvalue weighted by molar-refractivity contribution is -0.148. The van der Waals surface area contributed by atoms with E-state index in [0.29, 0.717) is 27.4 Å². The van der Waals surface area contributed by atoms with Crippen molar-refractivity contribution in [3.8, 4) is 34.4 Å². The molecule has 3 aromatic heterocycles. The number of hydrogen-bond donors (Lipinski definition) is 7. The maximum atomic E-state index is 13.5. The van der Waals surface area contributed by atoms with Gasteiger partial charge >= 0.3 is 6.16 Å². The summed E-state index contributed by atoms with van der Waals surface area (Å²) in [6, 6.07) is 8.87. The van der Waals surface area contributed by atoms with Crippen LogP contribution in [-0.4, -0.2) is 102 Å². The number of thioether (sulfide) groups is 2. The second-order valence-electron chi connectivity index (χ2n) is 11.6. The molecule has 54 heavy (non-hydrogen) atoms. The first-order valence-electron chi connectivity index (χ1n) is 15.6. The highest BCUT2D eigenvalue weighted by Gasteiger charge is 2.54. The van der Waals surface area contributed by atoms with Gasteiger partial charge in [0.2, 0.25) is 5.88 Å². The maximum Gasteiger partial charge on any atom is 0.512 e. The van der Waals surface area contributed by atoms with Crippen molar-refractivity contribution in [2.24, 2.45) is 5.16 Å². The molecule has 0 spiro atoms. The molecule has 0 aliphatic carbocycles. The van der Waals surface area contributed by atoms with E-state index in [1.165, 1.54) is 68.7 Å². The zero-order chi connectivity index (χ0) is 38.3. The molecular weight excluding hydrogens is 767 g/mol. The molecule has 7 rings (SSSR count). The summed E-state index contributed by atoms with van der Waals surface area (Å²) in [5, 5.41) is 61.2. The van der Waals surface area contributed by atoms with Crippen molar-refractivity contribution in [1.82, 2.24) is 34.8 Å². The van der Waals surface area contributed by atoms with Gasteiger partial charge < -0.3 is 46.2 Å². The molecule has 1 saturated heterocycles. The van der Waals surface area contributed by atoms with Crippen molar-refractivity contribution < 1.29 is 49.5 Å². The second kappa shape index (κ2) is 14.6. The predicted octanol–water partition coefficient (Wildman–Crippen LogP) is 2.98. The van der Waals surface area contributed by atoms with E-state index in [9.17, 15) is 39.9 Å². The van der Waals surface area contributed by atoms with Crippen LogP contribution in [0.15, 0.2) is 69.5 Å². The molecule has 0 radical (unpaired) electrons. The Bertz CT molecular complexity index is 2400. The van der Waals surface area contributed by atoms with E-state index < -0.39 is 29.4 Å². The number of oxime groups is 1. The van der Waals surface area contributed by atoms with Gasteiger partial charge in [-0.15, -0.1) is 40.0 Å². The lowest BCUT2D eigenvalue weighted by Crippen LogP contribution is -2.70. The van der Waals surface area contributed by atoms with Gasteiger partial charge in [0, 0.05) is 33.7 Å². The largest absolute Gasteiger partial charge is 0.512 e. The van der Waals surface area contributed by atoms with E-state index in [4.69, 9.17) is 15.3 Å². The normalized spacial score (nSPS) is 16.9. The van der Waals surface area contributed by atoms with Crippen molar-refractivity contribution >= 4 is 69.5 Å². The molecule has 5 aromatic rings. The number of aryl methyl sites for hydroxylation is 1. The third-order valence-electron chi connectivity index (χ3n) is 7.91. The van der Waals surface area contributed by atoms with Gasteiger partial charge in [-0.1, -0.05) is 11.2 Å². The summed E-state index contributed by atoms with van der Waals surface area (Å²) in [5.41, 5.74) is 7.56. The van der Waals surface area contributed by atoms with E-state index in [0.717, 1.165) is 11.3 Å². The maximum absolute atomic E-state index is 13.5. The van der Waals surface area contributed by atoms with Gasteiger partial charge in [-0.25, -0.2) is 14.8 Å². The van der Waals surface area contributed by atoms with Crippen molar-refractivity contribution in [3.63, 3.8) is 0 Å². The van der Waals surface area contributed by atoms with Crippen LogP contribution in [0, 0.1) is 6.92 Å². The SMILES string of the molecule is Cc1cc(SCC2=C(OC(=O)O)N3C(=O)[C@@H](NC(=O)/C(=N\OCc4ccc(O)c(O)c4)c4csc(N)n4)[C@H]3SC2)n2nc(-c3ccc(O)c(O)c3)nc2n1. The van der Waals surface area contributed by atoms with E-state index in [1.54, 1.807) is 19.1 Å².